The smallest absolute Gasteiger partial charge is 0.220 e. The van der Waals surface area contributed by atoms with Crippen LogP contribution in [0.15, 0.2) is 0 Å². The number of carbonyl (C=O) groups is 1. The van der Waals surface area contributed by atoms with E-state index >= 15 is 0 Å². The summed E-state index contributed by atoms with van der Waals surface area (Å²) in [6.45, 7) is 7.72. The fraction of sp³-hybridized carbons (Fsp3) is 0.944. The molecule has 3 nitrogen and oxygen atoms in total. The van der Waals surface area contributed by atoms with Crippen LogP contribution in [0.25, 0.3) is 0 Å². The summed E-state index contributed by atoms with van der Waals surface area (Å²) in [4.78, 5) is 12.1. The van der Waals surface area contributed by atoms with E-state index in [0.29, 0.717) is 18.3 Å². The Balaban J connectivity index is 1.58. The predicted molar refractivity (Wildman–Crippen MR) is 88.1 cm³/mol. The molecule has 0 radical (unpaired) electrons. The molecule has 1 saturated heterocycles. The largest absolute Gasteiger partial charge is 0.356 e. The van der Waals surface area contributed by atoms with Gasteiger partial charge < -0.3 is 10.6 Å². The lowest BCUT2D eigenvalue weighted by Gasteiger charge is -2.28. The van der Waals surface area contributed by atoms with E-state index < -0.39 is 0 Å². The van der Waals surface area contributed by atoms with E-state index in [-0.39, 0.29) is 5.91 Å². The summed E-state index contributed by atoms with van der Waals surface area (Å²) >= 11 is 0. The van der Waals surface area contributed by atoms with Crippen molar-refractivity contribution >= 4 is 5.91 Å². The standard InChI is InChI=1S/C18H34N2O/c1-14-5-3-6-16(11-14)8-10-20-18(21)12-15(2)17-7-4-9-19-13-17/h14-17,19H,3-13H2,1-2H3,(H,20,21). The van der Waals surface area contributed by atoms with Gasteiger partial charge in [0.2, 0.25) is 5.91 Å². The van der Waals surface area contributed by atoms with E-state index in [1.807, 2.05) is 0 Å². The first kappa shape index (κ1) is 16.8. The van der Waals surface area contributed by atoms with Crippen LogP contribution in [0.5, 0.6) is 0 Å². The van der Waals surface area contributed by atoms with E-state index in [9.17, 15) is 4.79 Å². The zero-order valence-corrected chi connectivity index (χ0v) is 14.0. The number of nitrogens with one attached hydrogen (secondary N) is 2. The van der Waals surface area contributed by atoms with Crippen LogP contribution < -0.4 is 10.6 Å². The minimum absolute atomic E-state index is 0.261. The van der Waals surface area contributed by atoms with Crippen LogP contribution in [-0.4, -0.2) is 25.5 Å². The summed E-state index contributed by atoms with van der Waals surface area (Å²) in [5.74, 6) is 3.18. The highest BCUT2D eigenvalue weighted by Gasteiger charge is 2.22. The molecule has 2 aliphatic rings. The van der Waals surface area contributed by atoms with Gasteiger partial charge in [0.1, 0.15) is 0 Å². The number of piperidine rings is 1. The molecule has 1 heterocycles. The average molecular weight is 294 g/mol. The van der Waals surface area contributed by atoms with Crippen molar-refractivity contribution in [2.24, 2.45) is 23.7 Å². The van der Waals surface area contributed by atoms with Gasteiger partial charge in [0.25, 0.3) is 0 Å². The van der Waals surface area contributed by atoms with Crippen molar-refractivity contribution in [3.63, 3.8) is 0 Å². The molecular weight excluding hydrogens is 260 g/mol. The van der Waals surface area contributed by atoms with Crippen LogP contribution in [0, 0.1) is 23.7 Å². The summed E-state index contributed by atoms with van der Waals surface area (Å²) in [6.07, 6.45) is 9.92. The highest BCUT2D eigenvalue weighted by molar-refractivity contribution is 5.76. The fourth-order valence-corrected chi connectivity index (χ4v) is 4.13. The van der Waals surface area contributed by atoms with Crippen molar-refractivity contribution in [3.8, 4) is 0 Å². The van der Waals surface area contributed by atoms with Gasteiger partial charge in [-0.3, -0.25) is 4.79 Å². The lowest BCUT2D eigenvalue weighted by atomic mass is 9.81. The molecule has 2 fully saturated rings. The molecule has 2 N–H and O–H groups in total. The van der Waals surface area contributed by atoms with E-state index in [1.54, 1.807) is 0 Å². The molecule has 0 aromatic carbocycles. The topological polar surface area (TPSA) is 41.1 Å². The van der Waals surface area contributed by atoms with Crippen molar-refractivity contribution in [1.82, 2.24) is 10.6 Å². The normalized spacial score (nSPS) is 31.6. The number of amides is 1. The maximum absolute atomic E-state index is 12.1. The Bertz CT molecular complexity index is 312. The molecule has 122 valence electrons. The molecule has 0 bridgehead atoms. The lowest BCUT2D eigenvalue weighted by molar-refractivity contribution is -0.122. The van der Waals surface area contributed by atoms with Crippen LogP contribution in [0.1, 0.15) is 65.2 Å². The maximum atomic E-state index is 12.1. The van der Waals surface area contributed by atoms with Crippen LogP contribution >= 0.6 is 0 Å². The van der Waals surface area contributed by atoms with E-state index in [4.69, 9.17) is 0 Å². The molecule has 1 amide bonds. The third-order valence-electron chi connectivity index (χ3n) is 5.57. The second kappa shape index (κ2) is 8.77. The number of hydrogen-bond donors (Lipinski definition) is 2. The minimum Gasteiger partial charge on any atom is -0.356 e. The Morgan fingerprint density at radius 3 is 2.86 bits per heavy atom. The average Bonchev–Trinajstić information content (AvgIpc) is 2.48. The van der Waals surface area contributed by atoms with Gasteiger partial charge in [0.05, 0.1) is 0 Å². The molecular formula is C18H34N2O. The Hall–Kier alpha value is -0.570. The fourth-order valence-electron chi connectivity index (χ4n) is 4.13. The Labute approximate surface area is 130 Å². The predicted octanol–water partition coefficient (Wildman–Crippen LogP) is 3.34. The maximum Gasteiger partial charge on any atom is 0.220 e. The van der Waals surface area contributed by atoms with Gasteiger partial charge in [-0.15, -0.1) is 0 Å². The highest BCUT2D eigenvalue weighted by Crippen LogP contribution is 2.30. The van der Waals surface area contributed by atoms with Gasteiger partial charge in [-0.05, 0) is 62.4 Å². The van der Waals surface area contributed by atoms with Crippen molar-refractivity contribution in [2.75, 3.05) is 19.6 Å². The monoisotopic (exact) mass is 294 g/mol. The van der Waals surface area contributed by atoms with E-state index in [2.05, 4.69) is 24.5 Å². The summed E-state index contributed by atoms with van der Waals surface area (Å²) < 4.78 is 0. The second-order valence-corrected chi connectivity index (χ2v) is 7.56. The number of carbonyl (C=O) groups excluding carboxylic acids is 1. The van der Waals surface area contributed by atoms with E-state index in [0.717, 1.165) is 31.5 Å². The van der Waals surface area contributed by atoms with Crippen LogP contribution in [0.2, 0.25) is 0 Å². The van der Waals surface area contributed by atoms with Crippen LogP contribution in [0.3, 0.4) is 0 Å². The molecule has 1 aliphatic heterocycles. The molecule has 21 heavy (non-hydrogen) atoms. The zero-order chi connectivity index (χ0) is 15.1. The molecule has 4 unspecified atom stereocenters. The van der Waals surface area contributed by atoms with Crippen molar-refractivity contribution < 1.29 is 4.79 Å². The molecule has 2 rings (SSSR count). The SMILES string of the molecule is CC1CCCC(CCNC(=O)CC(C)C2CCCNC2)C1. The van der Waals surface area contributed by atoms with Gasteiger partial charge in [-0.25, -0.2) is 0 Å². The lowest BCUT2D eigenvalue weighted by Crippen LogP contribution is -2.36. The third kappa shape index (κ3) is 5.98. The zero-order valence-electron chi connectivity index (χ0n) is 14.0. The molecule has 3 heteroatoms. The van der Waals surface area contributed by atoms with Gasteiger partial charge in [0, 0.05) is 13.0 Å². The Morgan fingerprint density at radius 1 is 1.29 bits per heavy atom. The first-order valence-electron chi connectivity index (χ1n) is 9.12. The molecule has 0 aromatic heterocycles. The summed E-state index contributed by atoms with van der Waals surface area (Å²) in [7, 11) is 0. The van der Waals surface area contributed by atoms with Crippen molar-refractivity contribution in [3.05, 3.63) is 0 Å². The van der Waals surface area contributed by atoms with Crippen molar-refractivity contribution in [2.45, 2.75) is 65.2 Å². The second-order valence-electron chi connectivity index (χ2n) is 7.56. The van der Waals surface area contributed by atoms with Gasteiger partial charge >= 0.3 is 0 Å². The Kier molecular flexibility index (Phi) is 7.01. The van der Waals surface area contributed by atoms with Crippen molar-refractivity contribution in [1.29, 1.82) is 0 Å². The minimum atomic E-state index is 0.261. The molecule has 4 atom stereocenters. The quantitative estimate of drug-likeness (QED) is 0.789. The molecule has 1 saturated carbocycles. The first-order valence-corrected chi connectivity index (χ1v) is 9.12. The highest BCUT2D eigenvalue weighted by atomic mass is 16.1. The molecule has 1 aliphatic carbocycles. The van der Waals surface area contributed by atoms with Crippen LogP contribution in [0.4, 0.5) is 0 Å². The molecule has 0 spiro atoms. The van der Waals surface area contributed by atoms with Crippen LogP contribution in [-0.2, 0) is 4.79 Å². The van der Waals surface area contributed by atoms with E-state index in [1.165, 1.54) is 44.9 Å². The number of rotatable bonds is 6. The first-order chi connectivity index (χ1) is 10.1. The van der Waals surface area contributed by atoms with Gasteiger partial charge in [0.15, 0.2) is 0 Å². The third-order valence-corrected chi connectivity index (χ3v) is 5.57. The number of hydrogen-bond acceptors (Lipinski definition) is 2. The summed E-state index contributed by atoms with van der Waals surface area (Å²) in [5.41, 5.74) is 0. The van der Waals surface area contributed by atoms with Gasteiger partial charge in [-0.2, -0.15) is 0 Å². The molecule has 0 aromatic rings. The summed E-state index contributed by atoms with van der Waals surface area (Å²) in [6, 6.07) is 0. The summed E-state index contributed by atoms with van der Waals surface area (Å²) in [5, 5.41) is 6.60. The Morgan fingerprint density at radius 2 is 2.14 bits per heavy atom. The van der Waals surface area contributed by atoms with Gasteiger partial charge in [-0.1, -0.05) is 33.1 Å².